The molecule has 0 saturated carbocycles. The molecular formula is C18H20N4. The van der Waals surface area contributed by atoms with Crippen LogP contribution in [0.3, 0.4) is 0 Å². The molecule has 0 N–H and O–H groups in total. The molecule has 1 aliphatic rings. The van der Waals surface area contributed by atoms with Crippen molar-refractivity contribution in [1.29, 1.82) is 5.26 Å². The largest absolute Gasteiger partial charge is 0.337 e. The number of hydrogen-bond acceptors (Lipinski definition) is 4. The molecule has 22 heavy (non-hydrogen) atoms. The van der Waals surface area contributed by atoms with E-state index in [-0.39, 0.29) is 0 Å². The van der Waals surface area contributed by atoms with Gasteiger partial charge in [0.15, 0.2) is 0 Å². The molecule has 1 heterocycles. The second-order valence-corrected chi connectivity index (χ2v) is 5.62. The highest BCUT2D eigenvalue weighted by molar-refractivity contribution is 5.43. The van der Waals surface area contributed by atoms with E-state index in [1.54, 1.807) is 0 Å². The Labute approximate surface area is 131 Å². The van der Waals surface area contributed by atoms with E-state index in [1.807, 2.05) is 18.2 Å². The minimum atomic E-state index is 0.561. The van der Waals surface area contributed by atoms with Gasteiger partial charge in [-0.3, -0.25) is 0 Å². The zero-order valence-electron chi connectivity index (χ0n) is 12.9. The fraction of sp³-hybridized carbons (Fsp3) is 0.389. The molecule has 0 unspecified atom stereocenters. The fourth-order valence-electron chi connectivity index (χ4n) is 2.94. The quantitative estimate of drug-likeness (QED) is 0.868. The van der Waals surface area contributed by atoms with Gasteiger partial charge in [0.1, 0.15) is 11.8 Å². The summed E-state index contributed by atoms with van der Waals surface area (Å²) in [6, 6.07) is 12.6. The number of hydrogen-bond donors (Lipinski definition) is 0. The number of aromatic nitrogens is 2. The molecule has 0 atom stereocenters. The van der Waals surface area contributed by atoms with E-state index in [4.69, 9.17) is 4.98 Å². The lowest BCUT2D eigenvalue weighted by atomic mass is 9.95. The monoisotopic (exact) mass is 292 g/mol. The van der Waals surface area contributed by atoms with Crippen LogP contribution in [0.5, 0.6) is 0 Å². The molecular weight excluding hydrogens is 272 g/mol. The Morgan fingerprint density at radius 1 is 1.14 bits per heavy atom. The Bertz CT molecular complexity index is 688. The van der Waals surface area contributed by atoms with Crippen molar-refractivity contribution >= 4 is 5.95 Å². The van der Waals surface area contributed by atoms with Gasteiger partial charge in [0.2, 0.25) is 5.95 Å². The summed E-state index contributed by atoms with van der Waals surface area (Å²) in [4.78, 5) is 11.4. The first-order valence-electron chi connectivity index (χ1n) is 7.90. The fourth-order valence-corrected chi connectivity index (χ4v) is 2.94. The minimum absolute atomic E-state index is 0.561. The molecule has 1 aliphatic carbocycles. The summed E-state index contributed by atoms with van der Waals surface area (Å²) in [6.45, 7) is 3.68. The van der Waals surface area contributed by atoms with Crippen LogP contribution >= 0.6 is 0 Å². The predicted molar refractivity (Wildman–Crippen MR) is 86.6 cm³/mol. The van der Waals surface area contributed by atoms with E-state index in [1.165, 1.54) is 5.56 Å². The third-order valence-corrected chi connectivity index (χ3v) is 4.16. The Hall–Kier alpha value is -2.41. The van der Waals surface area contributed by atoms with Crippen LogP contribution in [0.1, 0.15) is 42.3 Å². The summed E-state index contributed by atoms with van der Waals surface area (Å²) in [7, 11) is 0. The molecule has 112 valence electrons. The zero-order valence-corrected chi connectivity index (χ0v) is 12.9. The van der Waals surface area contributed by atoms with Crippen LogP contribution in [0.2, 0.25) is 0 Å². The molecule has 2 aromatic rings. The second-order valence-electron chi connectivity index (χ2n) is 5.62. The number of nitriles is 1. The predicted octanol–water partition coefficient (Wildman–Crippen LogP) is 3.25. The number of fused-ring (bicyclic) bond motifs is 1. The Morgan fingerprint density at radius 2 is 1.91 bits per heavy atom. The third-order valence-electron chi connectivity index (χ3n) is 4.16. The van der Waals surface area contributed by atoms with Crippen LogP contribution in [0.15, 0.2) is 30.3 Å². The van der Waals surface area contributed by atoms with Gasteiger partial charge in [0, 0.05) is 18.7 Å². The minimum Gasteiger partial charge on any atom is -0.337 e. The van der Waals surface area contributed by atoms with E-state index >= 15 is 0 Å². The normalized spacial score (nSPS) is 13.3. The van der Waals surface area contributed by atoms with Crippen LogP contribution in [0.4, 0.5) is 5.95 Å². The molecule has 3 rings (SSSR count). The summed E-state index contributed by atoms with van der Waals surface area (Å²) in [5, 5.41) is 9.40. The average molecular weight is 292 g/mol. The summed E-state index contributed by atoms with van der Waals surface area (Å²) >= 11 is 0. The summed E-state index contributed by atoms with van der Waals surface area (Å²) in [6.07, 6.45) is 4.18. The first-order chi connectivity index (χ1) is 10.8. The Morgan fingerprint density at radius 3 is 2.64 bits per heavy atom. The van der Waals surface area contributed by atoms with Gasteiger partial charge in [0.25, 0.3) is 0 Å². The lowest BCUT2D eigenvalue weighted by Crippen LogP contribution is -2.26. The highest BCUT2D eigenvalue weighted by Gasteiger charge is 2.19. The number of rotatable bonds is 4. The molecule has 0 radical (unpaired) electrons. The van der Waals surface area contributed by atoms with E-state index in [0.717, 1.165) is 50.0 Å². The summed E-state index contributed by atoms with van der Waals surface area (Å²) < 4.78 is 0. The van der Waals surface area contributed by atoms with Crippen LogP contribution in [-0.2, 0) is 19.4 Å². The smallest absolute Gasteiger partial charge is 0.227 e. The molecule has 0 bridgehead atoms. The molecule has 4 heteroatoms. The van der Waals surface area contributed by atoms with Gasteiger partial charge in [-0.2, -0.15) is 5.26 Å². The molecule has 0 aliphatic heterocycles. The van der Waals surface area contributed by atoms with Crippen LogP contribution in [0.25, 0.3) is 0 Å². The average Bonchev–Trinajstić information content (AvgIpc) is 2.59. The third kappa shape index (κ3) is 2.94. The summed E-state index contributed by atoms with van der Waals surface area (Å²) in [5.74, 6) is 0.684. The van der Waals surface area contributed by atoms with Crippen molar-refractivity contribution < 1.29 is 0 Å². The second kappa shape index (κ2) is 6.57. The number of anilines is 1. The number of nitrogens with zero attached hydrogens (tertiary/aromatic N) is 4. The van der Waals surface area contributed by atoms with Crippen LogP contribution in [-0.4, -0.2) is 16.5 Å². The zero-order chi connectivity index (χ0) is 15.4. The van der Waals surface area contributed by atoms with Gasteiger partial charge in [0.05, 0.1) is 5.69 Å². The van der Waals surface area contributed by atoms with Crippen LogP contribution in [0, 0.1) is 11.3 Å². The highest BCUT2D eigenvalue weighted by atomic mass is 15.2. The lowest BCUT2D eigenvalue weighted by Gasteiger charge is -2.24. The van der Waals surface area contributed by atoms with Crippen molar-refractivity contribution in [3.05, 3.63) is 52.8 Å². The van der Waals surface area contributed by atoms with Crippen molar-refractivity contribution in [2.24, 2.45) is 0 Å². The molecule has 1 aromatic carbocycles. The van der Waals surface area contributed by atoms with Gasteiger partial charge in [-0.05, 0) is 38.2 Å². The van der Waals surface area contributed by atoms with Gasteiger partial charge in [-0.15, -0.1) is 0 Å². The SMILES string of the molecule is CCN(Cc1ccccc1)c1nc(C#N)c2c(n1)CCCC2. The van der Waals surface area contributed by atoms with Crippen molar-refractivity contribution in [2.75, 3.05) is 11.4 Å². The maximum atomic E-state index is 9.40. The van der Waals surface area contributed by atoms with E-state index in [0.29, 0.717) is 11.6 Å². The lowest BCUT2D eigenvalue weighted by molar-refractivity contribution is 0.653. The molecule has 1 aromatic heterocycles. The highest BCUT2D eigenvalue weighted by Crippen LogP contribution is 2.24. The molecule has 4 nitrogen and oxygen atoms in total. The number of benzene rings is 1. The van der Waals surface area contributed by atoms with E-state index < -0.39 is 0 Å². The van der Waals surface area contributed by atoms with Gasteiger partial charge in [-0.1, -0.05) is 30.3 Å². The molecule has 0 spiro atoms. The topological polar surface area (TPSA) is 52.8 Å². The first kappa shape index (κ1) is 14.5. The number of aryl methyl sites for hydroxylation is 1. The van der Waals surface area contributed by atoms with E-state index in [2.05, 4.69) is 35.0 Å². The van der Waals surface area contributed by atoms with Crippen LogP contribution < -0.4 is 4.90 Å². The van der Waals surface area contributed by atoms with Gasteiger partial charge >= 0.3 is 0 Å². The maximum absolute atomic E-state index is 9.40. The summed E-state index contributed by atoms with van der Waals surface area (Å²) in [5.41, 5.74) is 3.92. The van der Waals surface area contributed by atoms with Crippen molar-refractivity contribution in [3.8, 4) is 6.07 Å². The Kier molecular flexibility index (Phi) is 4.34. The first-order valence-corrected chi connectivity index (χ1v) is 7.90. The maximum Gasteiger partial charge on any atom is 0.227 e. The van der Waals surface area contributed by atoms with Crippen molar-refractivity contribution in [1.82, 2.24) is 9.97 Å². The van der Waals surface area contributed by atoms with E-state index in [9.17, 15) is 5.26 Å². The molecule has 0 saturated heterocycles. The molecule has 0 amide bonds. The van der Waals surface area contributed by atoms with Crippen molar-refractivity contribution in [3.63, 3.8) is 0 Å². The molecule has 0 fully saturated rings. The van der Waals surface area contributed by atoms with Crippen molar-refractivity contribution in [2.45, 2.75) is 39.2 Å². The standard InChI is InChI=1S/C18H20N4/c1-2-22(13-14-8-4-3-5-9-14)18-20-16-11-7-6-10-15(16)17(12-19)21-18/h3-5,8-9H,2,6-7,10-11,13H2,1H3. The van der Waals surface area contributed by atoms with Gasteiger partial charge in [-0.25, -0.2) is 9.97 Å². The van der Waals surface area contributed by atoms with Gasteiger partial charge < -0.3 is 4.90 Å². The Balaban J connectivity index is 1.94.